The molecule has 0 spiro atoms. The van der Waals surface area contributed by atoms with Crippen molar-refractivity contribution in [3.63, 3.8) is 0 Å². The highest BCUT2D eigenvalue weighted by atomic mass is 16.1. The molecule has 2 saturated carbocycles. The molecule has 17 heavy (non-hydrogen) atoms. The Hall–Kier alpha value is -0.590. The second-order valence-corrected chi connectivity index (χ2v) is 6.60. The van der Waals surface area contributed by atoms with Crippen molar-refractivity contribution in [1.29, 1.82) is 0 Å². The van der Waals surface area contributed by atoms with Crippen molar-refractivity contribution in [2.24, 2.45) is 41.4 Å². The van der Waals surface area contributed by atoms with Gasteiger partial charge < -0.3 is 0 Å². The van der Waals surface area contributed by atoms with E-state index < -0.39 is 0 Å². The molecule has 0 amide bonds. The fourth-order valence-electron chi connectivity index (χ4n) is 5.13. The number of hydrogen-bond donors (Lipinski definition) is 0. The smallest absolute Gasteiger partial charge is 0.140 e. The van der Waals surface area contributed by atoms with Crippen molar-refractivity contribution in [2.45, 2.75) is 40.0 Å². The number of rotatable bonds is 3. The van der Waals surface area contributed by atoms with Crippen molar-refractivity contribution >= 4 is 5.78 Å². The van der Waals surface area contributed by atoms with Gasteiger partial charge in [0.05, 0.1) is 0 Å². The molecule has 2 fully saturated rings. The predicted molar refractivity (Wildman–Crippen MR) is 69.5 cm³/mol. The van der Waals surface area contributed by atoms with Crippen LogP contribution in [0.25, 0.3) is 0 Å². The molecule has 7 atom stereocenters. The molecule has 3 rings (SSSR count). The SMILES string of the molecule is CCC[C@@H](C)[C@@H]1C(=O)C2C(C1C)[C@H]1C=C[C@@H]2C1. The normalized spacial score (nSPS) is 48.8. The zero-order chi connectivity index (χ0) is 12.2. The van der Waals surface area contributed by atoms with E-state index in [4.69, 9.17) is 0 Å². The van der Waals surface area contributed by atoms with Gasteiger partial charge in [0.25, 0.3) is 0 Å². The van der Waals surface area contributed by atoms with Crippen molar-refractivity contribution in [3.05, 3.63) is 12.2 Å². The first-order valence-electron chi connectivity index (χ1n) is 7.37. The fourth-order valence-corrected chi connectivity index (χ4v) is 5.13. The maximum Gasteiger partial charge on any atom is 0.140 e. The Morgan fingerprint density at radius 2 is 2.06 bits per heavy atom. The minimum Gasteiger partial charge on any atom is -0.299 e. The van der Waals surface area contributed by atoms with Crippen LogP contribution in [-0.4, -0.2) is 5.78 Å². The van der Waals surface area contributed by atoms with Crippen LogP contribution in [0.2, 0.25) is 0 Å². The highest BCUT2D eigenvalue weighted by molar-refractivity contribution is 5.88. The van der Waals surface area contributed by atoms with Crippen LogP contribution in [0, 0.1) is 41.4 Å². The molecule has 0 aromatic heterocycles. The van der Waals surface area contributed by atoms with Crippen LogP contribution in [0.3, 0.4) is 0 Å². The Labute approximate surface area is 105 Å². The van der Waals surface area contributed by atoms with E-state index in [1.807, 2.05) is 0 Å². The van der Waals surface area contributed by atoms with Crippen LogP contribution in [0.4, 0.5) is 0 Å². The number of ketones is 1. The molecule has 2 bridgehead atoms. The third-order valence-electron chi connectivity index (χ3n) is 5.71. The van der Waals surface area contributed by atoms with Gasteiger partial charge in [-0.3, -0.25) is 4.79 Å². The quantitative estimate of drug-likeness (QED) is 0.678. The molecule has 0 heterocycles. The Bertz CT molecular complexity index is 357. The molecular formula is C16H24O. The Kier molecular flexibility index (Phi) is 2.68. The van der Waals surface area contributed by atoms with Crippen molar-refractivity contribution < 1.29 is 4.79 Å². The number of allylic oxidation sites excluding steroid dienone is 2. The van der Waals surface area contributed by atoms with E-state index in [-0.39, 0.29) is 0 Å². The van der Waals surface area contributed by atoms with Crippen LogP contribution in [0.15, 0.2) is 12.2 Å². The van der Waals surface area contributed by atoms with Gasteiger partial charge in [-0.1, -0.05) is 45.8 Å². The highest BCUT2D eigenvalue weighted by Gasteiger charge is 2.58. The van der Waals surface area contributed by atoms with Gasteiger partial charge in [-0.2, -0.15) is 0 Å². The van der Waals surface area contributed by atoms with Crippen LogP contribution in [0.1, 0.15) is 40.0 Å². The summed E-state index contributed by atoms with van der Waals surface area (Å²) < 4.78 is 0. The largest absolute Gasteiger partial charge is 0.299 e. The van der Waals surface area contributed by atoms with Gasteiger partial charge in [0.1, 0.15) is 5.78 Å². The molecule has 0 aromatic rings. The molecule has 1 heteroatoms. The average Bonchev–Trinajstić information content (AvgIpc) is 2.93. The zero-order valence-electron chi connectivity index (χ0n) is 11.2. The van der Waals surface area contributed by atoms with E-state index >= 15 is 0 Å². The molecule has 1 nitrogen and oxygen atoms in total. The molecule has 3 unspecified atom stereocenters. The number of Topliss-reactive ketones (excluding diaryl/α,β-unsaturated/α-hetero) is 1. The van der Waals surface area contributed by atoms with Crippen molar-refractivity contribution in [1.82, 2.24) is 0 Å². The first-order chi connectivity index (χ1) is 8.15. The number of fused-ring (bicyclic) bond motifs is 5. The summed E-state index contributed by atoms with van der Waals surface area (Å²) >= 11 is 0. The predicted octanol–water partition coefficient (Wildman–Crippen LogP) is 3.70. The molecular weight excluding hydrogens is 208 g/mol. The standard InChI is InChI=1S/C16H24O/c1-4-5-9(2)13-10(3)14-11-6-7-12(8-11)15(14)16(13)17/h6-7,9-15H,4-5,8H2,1-3H3/t9-,10?,11+,12-,13+,14?,15?/m1/s1. The van der Waals surface area contributed by atoms with E-state index in [2.05, 4.69) is 32.9 Å². The van der Waals surface area contributed by atoms with Gasteiger partial charge in [0.15, 0.2) is 0 Å². The number of hydrogen-bond acceptors (Lipinski definition) is 1. The van der Waals surface area contributed by atoms with Crippen molar-refractivity contribution in [3.8, 4) is 0 Å². The lowest BCUT2D eigenvalue weighted by molar-refractivity contribution is -0.126. The summed E-state index contributed by atoms with van der Waals surface area (Å²) in [4.78, 5) is 12.7. The van der Waals surface area contributed by atoms with Crippen molar-refractivity contribution in [2.75, 3.05) is 0 Å². The lowest BCUT2D eigenvalue weighted by Gasteiger charge is -2.26. The number of carbonyl (C=O) groups excluding carboxylic acids is 1. The first kappa shape index (κ1) is 11.5. The molecule has 3 aliphatic carbocycles. The maximum atomic E-state index is 12.7. The van der Waals surface area contributed by atoms with Crippen LogP contribution < -0.4 is 0 Å². The minimum absolute atomic E-state index is 0.357. The summed E-state index contributed by atoms with van der Waals surface area (Å²) in [5.41, 5.74) is 0. The van der Waals surface area contributed by atoms with Gasteiger partial charge in [-0.05, 0) is 36.0 Å². The fraction of sp³-hybridized carbons (Fsp3) is 0.812. The lowest BCUT2D eigenvalue weighted by atomic mass is 9.77. The van der Waals surface area contributed by atoms with E-state index in [1.165, 1.54) is 19.3 Å². The third-order valence-corrected chi connectivity index (χ3v) is 5.71. The summed E-state index contributed by atoms with van der Waals surface area (Å²) in [5, 5.41) is 0. The maximum absolute atomic E-state index is 12.7. The Morgan fingerprint density at radius 1 is 1.35 bits per heavy atom. The second-order valence-electron chi connectivity index (χ2n) is 6.60. The van der Waals surface area contributed by atoms with Gasteiger partial charge in [0, 0.05) is 11.8 Å². The third kappa shape index (κ3) is 1.47. The summed E-state index contributed by atoms with van der Waals surface area (Å²) in [6.07, 6.45) is 8.40. The van der Waals surface area contributed by atoms with E-state index in [0.717, 1.165) is 5.92 Å². The van der Waals surface area contributed by atoms with Gasteiger partial charge >= 0.3 is 0 Å². The molecule has 0 aromatic carbocycles. The molecule has 0 N–H and O–H groups in total. The first-order valence-corrected chi connectivity index (χ1v) is 7.37. The molecule has 0 saturated heterocycles. The monoisotopic (exact) mass is 232 g/mol. The van der Waals surface area contributed by atoms with Gasteiger partial charge in [0.2, 0.25) is 0 Å². The average molecular weight is 232 g/mol. The Balaban J connectivity index is 1.85. The highest BCUT2D eigenvalue weighted by Crippen LogP contribution is 2.59. The number of carbonyl (C=O) groups is 1. The lowest BCUT2D eigenvalue weighted by Crippen LogP contribution is -2.25. The van der Waals surface area contributed by atoms with E-state index in [9.17, 15) is 4.79 Å². The summed E-state index contributed by atoms with van der Waals surface area (Å²) in [7, 11) is 0. The molecule has 94 valence electrons. The molecule has 3 aliphatic rings. The molecule has 0 radical (unpaired) electrons. The summed E-state index contributed by atoms with van der Waals surface area (Å²) in [5.74, 6) is 4.57. The summed E-state index contributed by atoms with van der Waals surface area (Å²) in [6.45, 7) is 6.86. The van der Waals surface area contributed by atoms with E-state index in [0.29, 0.717) is 41.3 Å². The van der Waals surface area contributed by atoms with Crippen LogP contribution >= 0.6 is 0 Å². The molecule has 0 aliphatic heterocycles. The Morgan fingerprint density at radius 3 is 2.71 bits per heavy atom. The second kappa shape index (κ2) is 3.96. The zero-order valence-corrected chi connectivity index (χ0v) is 11.2. The van der Waals surface area contributed by atoms with E-state index in [1.54, 1.807) is 0 Å². The minimum atomic E-state index is 0.357. The van der Waals surface area contributed by atoms with Crippen LogP contribution in [0.5, 0.6) is 0 Å². The summed E-state index contributed by atoms with van der Waals surface area (Å²) in [6, 6.07) is 0. The topological polar surface area (TPSA) is 17.1 Å². The van der Waals surface area contributed by atoms with Gasteiger partial charge in [-0.15, -0.1) is 0 Å². The van der Waals surface area contributed by atoms with Gasteiger partial charge in [-0.25, -0.2) is 0 Å². The van der Waals surface area contributed by atoms with Crippen LogP contribution in [-0.2, 0) is 4.79 Å².